The quantitative estimate of drug-likeness (QED) is 0.839. The minimum absolute atomic E-state index is 0.00151. The first-order valence-electron chi connectivity index (χ1n) is 5.94. The summed E-state index contributed by atoms with van der Waals surface area (Å²) in [7, 11) is 0. The first-order chi connectivity index (χ1) is 9.79. The number of thiocarbonyl (C=S) groups is 1. The van der Waals surface area contributed by atoms with Gasteiger partial charge in [-0.1, -0.05) is 12.2 Å². The Labute approximate surface area is 129 Å². The minimum Gasteiger partial charge on any atom is -0.389 e. The molecule has 0 aliphatic carbocycles. The predicted octanol–water partition coefficient (Wildman–Crippen LogP) is 3.72. The Morgan fingerprint density at radius 1 is 1.38 bits per heavy atom. The third-order valence-electron chi connectivity index (χ3n) is 2.84. The zero-order valence-corrected chi connectivity index (χ0v) is 12.6. The molecule has 0 saturated carbocycles. The lowest BCUT2D eigenvalue weighted by Gasteiger charge is -2.13. The Morgan fingerprint density at radius 3 is 2.62 bits per heavy atom. The molecule has 21 heavy (non-hydrogen) atoms. The van der Waals surface area contributed by atoms with E-state index < -0.39 is 11.9 Å². The van der Waals surface area contributed by atoms with Gasteiger partial charge in [-0.2, -0.15) is 13.2 Å². The molecule has 2 rings (SSSR count). The Kier molecular flexibility index (Phi) is 4.48. The van der Waals surface area contributed by atoms with Crippen molar-refractivity contribution >= 4 is 34.4 Å². The lowest BCUT2D eigenvalue weighted by Crippen LogP contribution is -2.17. The van der Waals surface area contributed by atoms with Crippen molar-refractivity contribution in [2.75, 3.05) is 5.32 Å². The van der Waals surface area contributed by atoms with E-state index in [4.69, 9.17) is 18.0 Å². The molecule has 0 saturated heterocycles. The second kappa shape index (κ2) is 5.98. The summed E-state index contributed by atoms with van der Waals surface area (Å²) in [5.41, 5.74) is 5.91. The van der Waals surface area contributed by atoms with Gasteiger partial charge in [-0.25, -0.2) is 4.98 Å². The van der Waals surface area contributed by atoms with Gasteiger partial charge in [-0.15, -0.1) is 11.3 Å². The molecule has 2 heterocycles. The van der Waals surface area contributed by atoms with Crippen LogP contribution in [0.1, 0.15) is 21.7 Å². The normalized spacial score (nSPS) is 11.4. The van der Waals surface area contributed by atoms with Crippen LogP contribution >= 0.6 is 23.6 Å². The maximum absolute atomic E-state index is 12.7. The van der Waals surface area contributed by atoms with Gasteiger partial charge in [0.1, 0.15) is 16.5 Å². The molecule has 0 aliphatic heterocycles. The van der Waals surface area contributed by atoms with E-state index in [2.05, 4.69) is 10.3 Å². The molecule has 2 aromatic rings. The molecule has 0 aliphatic rings. The van der Waals surface area contributed by atoms with Crippen LogP contribution in [-0.4, -0.2) is 9.97 Å². The van der Waals surface area contributed by atoms with Crippen LogP contribution in [-0.2, 0) is 12.7 Å². The fourth-order valence-electron chi connectivity index (χ4n) is 1.70. The number of nitrogens with one attached hydrogen (secondary N) is 1. The van der Waals surface area contributed by atoms with Gasteiger partial charge in [0.15, 0.2) is 0 Å². The highest BCUT2D eigenvalue weighted by Crippen LogP contribution is 2.30. The van der Waals surface area contributed by atoms with Crippen LogP contribution in [0.25, 0.3) is 0 Å². The Balaban J connectivity index is 2.31. The standard InChI is InChI=1S/C13H12F3N3S2/c1-7-4-5-21-9(7)6-18-12-8(11(17)20)2-3-10(19-12)13(14,15)16/h2-5H,6H2,1H3,(H2,17,20)(H,18,19). The molecule has 0 bridgehead atoms. The number of rotatable bonds is 4. The van der Waals surface area contributed by atoms with Crippen molar-refractivity contribution in [1.29, 1.82) is 0 Å². The number of nitrogens with two attached hydrogens (primary N) is 1. The van der Waals surface area contributed by atoms with Crippen molar-refractivity contribution in [3.63, 3.8) is 0 Å². The highest BCUT2D eigenvalue weighted by atomic mass is 32.1. The minimum atomic E-state index is -4.51. The molecule has 3 nitrogen and oxygen atoms in total. The van der Waals surface area contributed by atoms with Crippen LogP contribution in [0.15, 0.2) is 23.6 Å². The molecule has 8 heteroatoms. The number of aryl methyl sites for hydroxylation is 1. The van der Waals surface area contributed by atoms with Crippen LogP contribution in [0.4, 0.5) is 19.0 Å². The SMILES string of the molecule is Cc1ccsc1CNc1nc(C(F)(F)F)ccc1C(N)=S. The van der Waals surface area contributed by atoms with E-state index in [1.807, 2.05) is 18.4 Å². The van der Waals surface area contributed by atoms with Crippen molar-refractivity contribution < 1.29 is 13.2 Å². The first-order valence-corrected chi connectivity index (χ1v) is 7.22. The van der Waals surface area contributed by atoms with Crippen LogP contribution in [0.2, 0.25) is 0 Å². The number of alkyl halides is 3. The maximum Gasteiger partial charge on any atom is 0.433 e. The van der Waals surface area contributed by atoms with Crippen molar-refractivity contribution in [2.45, 2.75) is 19.6 Å². The number of nitrogens with zero attached hydrogens (tertiary/aromatic N) is 1. The van der Waals surface area contributed by atoms with E-state index in [0.29, 0.717) is 12.1 Å². The van der Waals surface area contributed by atoms with Gasteiger partial charge < -0.3 is 11.1 Å². The molecular formula is C13H12F3N3S2. The fraction of sp³-hybridized carbons (Fsp3) is 0.231. The fourth-order valence-corrected chi connectivity index (χ4v) is 2.71. The van der Waals surface area contributed by atoms with E-state index in [1.165, 1.54) is 17.4 Å². The first kappa shape index (κ1) is 15.7. The van der Waals surface area contributed by atoms with Crippen LogP contribution in [0.5, 0.6) is 0 Å². The molecule has 0 amide bonds. The molecule has 0 spiro atoms. The Bertz CT molecular complexity index is 665. The number of thiophene rings is 1. The summed E-state index contributed by atoms with van der Waals surface area (Å²) in [5.74, 6) is 0.0464. The lowest BCUT2D eigenvalue weighted by atomic mass is 10.2. The Morgan fingerprint density at radius 2 is 2.10 bits per heavy atom. The maximum atomic E-state index is 12.7. The average molecular weight is 331 g/mol. The number of hydrogen-bond acceptors (Lipinski definition) is 4. The largest absolute Gasteiger partial charge is 0.433 e. The van der Waals surface area contributed by atoms with Crippen molar-refractivity contribution in [3.8, 4) is 0 Å². The topological polar surface area (TPSA) is 50.9 Å². The van der Waals surface area contributed by atoms with Crippen LogP contribution in [0.3, 0.4) is 0 Å². The van der Waals surface area contributed by atoms with Gasteiger partial charge in [-0.3, -0.25) is 0 Å². The van der Waals surface area contributed by atoms with Gasteiger partial charge in [0.05, 0.1) is 12.1 Å². The van der Waals surface area contributed by atoms with Gasteiger partial charge in [0.25, 0.3) is 0 Å². The number of aromatic nitrogens is 1. The van der Waals surface area contributed by atoms with Crippen molar-refractivity contribution in [2.24, 2.45) is 5.73 Å². The Hall–Kier alpha value is -1.67. The van der Waals surface area contributed by atoms with Gasteiger partial charge in [0, 0.05) is 4.88 Å². The highest BCUT2D eigenvalue weighted by Gasteiger charge is 2.33. The third kappa shape index (κ3) is 3.70. The zero-order chi connectivity index (χ0) is 15.6. The highest BCUT2D eigenvalue weighted by molar-refractivity contribution is 7.80. The summed E-state index contributed by atoms with van der Waals surface area (Å²) in [6.45, 7) is 2.30. The number of halogens is 3. The molecule has 0 atom stereocenters. The third-order valence-corrected chi connectivity index (χ3v) is 4.08. The molecule has 112 valence electrons. The number of hydrogen-bond donors (Lipinski definition) is 2. The van der Waals surface area contributed by atoms with Gasteiger partial charge in [0.2, 0.25) is 0 Å². The van der Waals surface area contributed by atoms with Gasteiger partial charge in [-0.05, 0) is 36.1 Å². The number of pyridine rings is 1. The zero-order valence-electron chi connectivity index (χ0n) is 11.0. The van der Waals surface area contributed by atoms with E-state index in [1.54, 1.807) is 0 Å². The molecule has 0 fully saturated rings. The summed E-state index contributed by atoms with van der Waals surface area (Å²) in [5, 5.41) is 4.80. The van der Waals surface area contributed by atoms with Crippen LogP contribution < -0.4 is 11.1 Å². The second-order valence-electron chi connectivity index (χ2n) is 4.34. The van der Waals surface area contributed by atoms with Gasteiger partial charge >= 0.3 is 6.18 Å². The summed E-state index contributed by atoms with van der Waals surface area (Å²) >= 11 is 6.36. The van der Waals surface area contributed by atoms with E-state index in [-0.39, 0.29) is 10.8 Å². The summed E-state index contributed by atoms with van der Waals surface area (Å²) in [4.78, 5) is 4.61. The second-order valence-corrected chi connectivity index (χ2v) is 5.78. The summed E-state index contributed by atoms with van der Waals surface area (Å²) in [6.07, 6.45) is -4.51. The van der Waals surface area contributed by atoms with Crippen LogP contribution in [0, 0.1) is 6.92 Å². The molecule has 0 unspecified atom stereocenters. The van der Waals surface area contributed by atoms with E-state index >= 15 is 0 Å². The van der Waals surface area contributed by atoms with E-state index in [0.717, 1.165) is 16.5 Å². The lowest BCUT2D eigenvalue weighted by molar-refractivity contribution is -0.141. The smallest absolute Gasteiger partial charge is 0.389 e. The van der Waals surface area contributed by atoms with E-state index in [9.17, 15) is 13.2 Å². The monoisotopic (exact) mass is 331 g/mol. The molecule has 0 aromatic carbocycles. The molecule has 3 N–H and O–H groups in total. The molecule has 2 aromatic heterocycles. The van der Waals surface area contributed by atoms with Crippen molar-refractivity contribution in [3.05, 3.63) is 45.3 Å². The molecular weight excluding hydrogens is 319 g/mol. The van der Waals surface area contributed by atoms with Crippen molar-refractivity contribution in [1.82, 2.24) is 4.98 Å². The molecule has 0 radical (unpaired) electrons. The summed E-state index contributed by atoms with van der Waals surface area (Å²) in [6, 6.07) is 4.05. The number of anilines is 1. The summed E-state index contributed by atoms with van der Waals surface area (Å²) < 4.78 is 38.2. The average Bonchev–Trinajstić information content (AvgIpc) is 2.80. The predicted molar refractivity (Wildman–Crippen MR) is 81.5 cm³/mol.